The summed E-state index contributed by atoms with van der Waals surface area (Å²) in [4.78, 5) is 12.4. The summed E-state index contributed by atoms with van der Waals surface area (Å²) in [5.74, 6) is 0.513. The molecule has 0 bridgehead atoms. The van der Waals surface area contributed by atoms with Crippen molar-refractivity contribution in [3.8, 4) is 5.75 Å². The SMILES string of the molecule is CCc1ccc([C@H](C)NC(=O)[C@@H](C)Oc2cc(C)c(Cl)c(C)c2)cc1. The summed E-state index contributed by atoms with van der Waals surface area (Å²) in [7, 11) is 0. The summed E-state index contributed by atoms with van der Waals surface area (Å²) < 4.78 is 5.80. The first kappa shape index (κ1) is 19.3. The van der Waals surface area contributed by atoms with E-state index in [-0.39, 0.29) is 11.9 Å². The Balaban J connectivity index is 1.99. The maximum Gasteiger partial charge on any atom is 0.261 e. The molecule has 0 aliphatic heterocycles. The molecule has 0 fully saturated rings. The van der Waals surface area contributed by atoms with E-state index in [0.717, 1.165) is 28.1 Å². The average Bonchev–Trinajstić information content (AvgIpc) is 2.59. The fourth-order valence-corrected chi connectivity index (χ4v) is 2.80. The van der Waals surface area contributed by atoms with Gasteiger partial charge in [-0.1, -0.05) is 42.8 Å². The minimum Gasteiger partial charge on any atom is -0.481 e. The van der Waals surface area contributed by atoms with Crippen LogP contribution in [0.1, 0.15) is 49.1 Å². The summed E-state index contributed by atoms with van der Waals surface area (Å²) in [6, 6.07) is 11.9. The van der Waals surface area contributed by atoms with Crippen LogP contribution in [0.4, 0.5) is 0 Å². The van der Waals surface area contributed by atoms with Crippen molar-refractivity contribution in [2.75, 3.05) is 0 Å². The molecule has 2 rings (SSSR count). The molecule has 25 heavy (non-hydrogen) atoms. The van der Waals surface area contributed by atoms with Crippen molar-refractivity contribution in [1.82, 2.24) is 5.32 Å². The third-order valence-electron chi connectivity index (χ3n) is 4.34. The Morgan fingerprint density at radius 1 is 1.12 bits per heavy atom. The highest BCUT2D eigenvalue weighted by Gasteiger charge is 2.18. The van der Waals surface area contributed by atoms with Gasteiger partial charge in [-0.2, -0.15) is 0 Å². The Hall–Kier alpha value is -2.00. The number of hydrogen-bond acceptors (Lipinski definition) is 2. The third kappa shape index (κ3) is 4.99. The topological polar surface area (TPSA) is 38.3 Å². The van der Waals surface area contributed by atoms with Crippen LogP contribution >= 0.6 is 11.6 Å². The second-order valence-electron chi connectivity index (χ2n) is 6.46. The lowest BCUT2D eigenvalue weighted by Crippen LogP contribution is -2.37. The van der Waals surface area contributed by atoms with Crippen molar-refractivity contribution < 1.29 is 9.53 Å². The van der Waals surface area contributed by atoms with Crippen LogP contribution in [0.5, 0.6) is 5.75 Å². The van der Waals surface area contributed by atoms with Gasteiger partial charge in [0.1, 0.15) is 5.75 Å². The third-order valence-corrected chi connectivity index (χ3v) is 4.93. The van der Waals surface area contributed by atoms with Crippen molar-refractivity contribution in [2.45, 2.75) is 53.2 Å². The summed E-state index contributed by atoms with van der Waals surface area (Å²) >= 11 is 6.17. The van der Waals surface area contributed by atoms with E-state index in [0.29, 0.717) is 5.75 Å². The van der Waals surface area contributed by atoms with Gasteiger partial charge in [-0.15, -0.1) is 0 Å². The molecule has 2 atom stereocenters. The quantitative estimate of drug-likeness (QED) is 0.773. The van der Waals surface area contributed by atoms with Crippen molar-refractivity contribution in [1.29, 1.82) is 0 Å². The van der Waals surface area contributed by atoms with Crippen molar-refractivity contribution in [3.05, 3.63) is 63.7 Å². The van der Waals surface area contributed by atoms with Gasteiger partial charge in [0.25, 0.3) is 5.91 Å². The number of rotatable bonds is 6. The maximum absolute atomic E-state index is 12.4. The van der Waals surface area contributed by atoms with Gasteiger partial charge in [0.15, 0.2) is 6.10 Å². The number of aryl methyl sites for hydroxylation is 3. The molecule has 2 aromatic carbocycles. The molecule has 1 N–H and O–H groups in total. The number of carbonyl (C=O) groups is 1. The summed E-state index contributed by atoms with van der Waals surface area (Å²) in [5.41, 5.74) is 4.24. The number of ether oxygens (including phenoxy) is 1. The fourth-order valence-electron chi connectivity index (χ4n) is 2.69. The second-order valence-corrected chi connectivity index (χ2v) is 6.83. The number of amides is 1. The van der Waals surface area contributed by atoms with Gasteiger partial charge < -0.3 is 10.1 Å². The van der Waals surface area contributed by atoms with E-state index in [2.05, 4.69) is 36.5 Å². The zero-order valence-electron chi connectivity index (χ0n) is 15.5. The van der Waals surface area contributed by atoms with Crippen LogP contribution in [0.25, 0.3) is 0 Å². The maximum atomic E-state index is 12.4. The van der Waals surface area contributed by atoms with E-state index in [1.807, 2.05) is 32.9 Å². The molecule has 0 unspecified atom stereocenters. The molecule has 134 valence electrons. The molecule has 0 aliphatic carbocycles. The number of nitrogens with one attached hydrogen (secondary N) is 1. The molecule has 3 nitrogen and oxygen atoms in total. The van der Waals surface area contributed by atoms with Gasteiger partial charge in [-0.05, 0) is 68.5 Å². The molecule has 4 heteroatoms. The Kier molecular flexibility index (Phi) is 6.49. The van der Waals surface area contributed by atoms with Crippen LogP contribution in [0, 0.1) is 13.8 Å². The van der Waals surface area contributed by atoms with Gasteiger partial charge in [0, 0.05) is 5.02 Å². The van der Waals surface area contributed by atoms with Gasteiger partial charge in [-0.25, -0.2) is 0 Å². The monoisotopic (exact) mass is 359 g/mol. The highest BCUT2D eigenvalue weighted by Crippen LogP contribution is 2.26. The predicted molar refractivity (Wildman–Crippen MR) is 103 cm³/mol. The van der Waals surface area contributed by atoms with E-state index in [9.17, 15) is 4.79 Å². The normalized spacial score (nSPS) is 13.2. The van der Waals surface area contributed by atoms with Crippen LogP contribution in [-0.2, 0) is 11.2 Å². The Labute approximate surface area is 155 Å². The van der Waals surface area contributed by atoms with Crippen molar-refractivity contribution in [2.24, 2.45) is 0 Å². The number of halogens is 1. The number of hydrogen-bond donors (Lipinski definition) is 1. The molecule has 0 saturated carbocycles. The molecule has 0 heterocycles. The lowest BCUT2D eigenvalue weighted by atomic mass is 10.0. The summed E-state index contributed by atoms with van der Waals surface area (Å²) in [6.45, 7) is 9.70. The van der Waals surface area contributed by atoms with E-state index in [1.165, 1.54) is 5.56 Å². The lowest BCUT2D eigenvalue weighted by Gasteiger charge is -2.20. The van der Waals surface area contributed by atoms with Gasteiger partial charge in [-0.3, -0.25) is 4.79 Å². The first-order valence-corrected chi connectivity index (χ1v) is 9.02. The Morgan fingerprint density at radius 3 is 2.20 bits per heavy atom. The zero-order chi connectivity index (χ0) is 18.6. The number of carbonyl (C=O) groups excluding carboxylic acids is 1. The first-order chi connectivity index (χ1) is 11.8. The predicted octanol–water partition coefficient (Wildman–Crippen LogP) is 5.16. The van der Waals surface area contributed by atoms with Crippen LogP contribution in [0.15, 0.2) is 36.4 Å². The van der Waals surface area contributed by atoms with E-state index >= 15 is 0 Å². The van der Waals surface area contributed by atoms with Crippen molar-refractivity contribution >= 4 is 17.5 Å². The highest BCUT2D eigenvalue weighted by atomic mass is 35.5. The molecule has 1 amide bonds. The minimum atomic E-state index is -0.586. The van der Waals surface area contributed by atoms with Gasteiger partial charge in [0.2, 0.25) is 0 Å². The van der Waals surface area contributed by atoms with Gasteiger partial charge in [0.05, 0.1) is 6.04 Å². The molecular weight excluding hydrogens is 334 g/mol. The van der Waals surface area contributed by atoms with Gasteiger partial charge >= 0.3 is 0 Å². The average molecular weight is 360 g/mol. The highest BCUT2D eigenvalue weighted by molar-refractivity contribution is 6.32. The molecule has 0 saturated heterocycles. The summed E-state index contributed by atoms with van der Waals surface area (Å²) in [5, 5.41) is 3.73. The molecular formula is C21H26ClNO2. The standard InChI is InChI=1S/C21H26ClNO2/c1-6-17-7-9-18(10-8-17)15(4)23-21(24)16(5)25-19-11-13(2)20(22)14(3)12-19/h7-12,15-16H,6H2,1-5H3,(H,23,24)/t15-,16+/m0/s1. The number of benzene rings is 2. The minimum absolute atomic E-state index is 0.0712. The molecule has 0 radical (unpaired) electrons. The van der Waals surface area contributed by atoms with Crippen molar-refractivity contribution in [3.63, 3.8) is 0 Å². The van der Waals surface area contributed by atoms with Crippen LogP contribution in [0.3, 0.4) is 0 Å². The second kappa shape index (κ2) is 8.39. The van der Waals surface area contributed by atoms with E-state index in [4.69, 9.17) is 16.3 Å². The zero-order valence-corrected chi connectivity index (χ0v) is 16.3. The molecule has 0 spiro atoms. The van der Waals surface area contributed by atoms with Crippen LogP contribution < -0.4 is 10.1 Å². The Morgan fingerprint density at radius 2 is 1.68 bits per heavy atom. The smallest absolute Gasteiger partial charge is 0.261 e. The fraction of sp³-hybridized carbons (Fsp3) is 0.381. The first-order valence-electron chi connectivity index (χ1n) is 8.64. The molecule has 0 aliphatic rings. The van der Waals surface area contributed by atoms with Crippen LogP contribution in [-0.4, -0.2) is 12.0 Å². The van der Waals surface area contributed by atoms with Crippen LogP contribution in [0.2, 0.25) is 5.02 Å². The summed E-state index contributed by atoms with van der Waals surface area (Å²) in [6.07, 6.45) is 0.420. The Bertz CT molecular complexity index is 717. The molecule has 2 aromatic rings. The molecule has 0 aromatic heterocycles. The van der Waals surface area contributed by atoms with E-state index < -0.39 is 6.10 Å². The lowest BCUT2D eigenvalue weighted by molar-refractivity contribution is -0.127. The van der Waals surface area contributed by atoms with E-state index in [1.54, 1.807) is 6.92 Å². The largest absolute Gasteiger partial charge is 0.481 e.